The van der Waals surface area contributed by atoms with Gasteiger partial charge in [-0.05, 0) is 18.6 Å². The molecule has 0 amide bonds. The molecule has 0 aromatic carbocycles. The molecule has 23 heavy (non-hydrogen) atoms. The van der Waals surface area contributed by atoms with Crippen molar-refractivity contribution < 1.29 is 34.8 Å². The van der Waals surface area contributed by atoms with Crippen LogP contribution in [0.3, 0.4) is 0 Å². The molecule has 1 aliphatic carbocycles. The van der Waals surface area contributed by atoms with Crippen molar-refractivity contribution in [3.05, 3.63) is 23.1 Å². The van der Waals surface area contributed by atoms with Crippen molar-refractivity contribution in [1.29, 1.82) is 0 Å². The molecule has 1 aliphatic rings. The maximum Gasteiger partial charge on any atom is 0.331 e. The SMILES string of the molecule is COC1=C(NCC(=O)O)CC(CO)=CC1=NC(C(=O)O)C(C)O. The maximum absolute atomic E-state index is 11.2. The smallest absolute Gasteiger partial charge is 0.331 e. The minimum Gasteiger partial charge on any atom is -0.493 e. The summed E-state index contributed by atoms with van der Waals surface area (Å²) in [6, 6.07) is -1.41. The van der Waals surface area contributed by atoms with Crippen molar-refractivity contribution in [3.63, 3.8) is 0 Å². The number of nitrogens with one attached hydrogen (secondary N) is 1. The zero-order chi connectivity index (χ0) is 17.6. The van der Waals surface area contributed by atoms with Crippen molar-refractivity contribution >= 4 is 17.7 Å². The Morgan fingerprint density at radius 2 is 2.09 bits per heavy atom. The third kappa shape index (κ3) is 5.08. The summed E-state index contributed by atoms with van der Waals surface area (Å²) in [5, 5.41) is 39.4. The highest BCUT2D eigenvalue weighted by atomic mass is 16.5. The zero-order valence-electron chi connectivity index (χ0n) is 12.8. The molecule has 0 radical (unpaired) electrons. The van der Waals surface area contributed by atoms with Crippen molar-refractivity contribution in [2.24, 2.45) is 4.99 Å². The molecule has 0 saturated heterocycles. The van der Waals surface area contributed by atoms with Gasteiger partial charge in [0.05, 0.1) is 25.5 Å². The van der Waals surface area contributed by atoms with Crippen LogP contribution in [0.2, 0.25) is 0 Å². The monoisotopic (exact) mass is 328 g/mol. The third-order valence-corrected chi connectivity index (χ3v) is 3.10. The van der Waals surface area contributed by atoms with Crippen LogP contribution in [0.4, 0.5) is 0 Å². The van der Waals surface area contributed by atoms with Crippen LogP contribution in [0.5, 0.6) is 0 Å². The van der Waals surface area contributed by atoms with Crippen LogP contribution in [0, 0.1) is 0 Å². The van der Waals surface area contributed by atoms with Gasteiger partial charge in [-0.2, -0.15) is 0 Å². The van der Waals surface area contributed by atoms with Gasteiger partial charge in [-0.15, -0.1) is 0 Å². The highest BCUT2D eigenvalue weighted by Gasteiger charge is 2.26. The zero-order valence-corrected chi connectivity index (χ0v) is 12.8. The molecule has 0 aromatic heterocycles. The Kier molecular flexibility index (Phi) is 6.73. The average molecular weight is 328 g/mol. The van der Waals surface area contributed by atoms with Gasteiger partial charge in [-0.25, -0.2) is 4.79 Å². The standard InChI is InChI=1S/C14H20N2O7/c1-7(18)12(14(21)22)16-10-4-8(6-17)3-9(13(10)23-2)15-5-11(19)20/h4,7,12,15,17-18H,3,5-6H2,1-2H3,(H,19,20)(H,21,22). The minimum atomic E-state index is -1.41. The van der Waals surface area contributed by atoms with E-state index in [-0.39, 0.29) is 31.0 Å². The molecule has 0 heterocycles. The number of carbonyl (C=O) groups is 2. The molecule has 0 spiro atoms. The molecule has 0 aromatic rings. The number of aliphatic carboxylic acids is 2. The van der Waals surface area contributed by atoms with Crippen LogP contribution in [0.1, 0.15) is 13.3 Å². The van der Waals surface area contributed by atoms with Crippen molar-refractivity contribution in [3.8, 4) is 0 Å². The molecule has 128 valence electrons. The molecular weight excluding hydrogens is 308 g/mol. The van der Waals surface area contributed by atoms with Crippen LogP contribution in [0.15, 0.2) is 28.1 Å². The first kappa shape index (κ1) is 18.7. The highest BCUT2D eigenvalue weighted by Crippen LogP contribution is 2.22. The molecule has 2 atom stereocenters. The van der Waals surface area contributed by atoms with Crippen LogP contribution >= 0.6 is 0 Å². The molecule has 1 rings (SSSR count). The number of methoxy groups -OCH3 is 1. The fourth-order valence-corrected chi connectivity index (χ4v) is 2.04. The molecule has 0 fully saturated rings. The number of aliphatic imine (C=N–C) groups is 1. The number of aliphatic hydroxyl groups excluding tert-OH is 2. The molecule has 2 unspecified atom stereocenters. The van der Waals surface area contributed by atoms with Gasteiger partial charge in [0.25, 0.3) is 0 Å². The molecule has 9 nitrogen and oxygen atoms in total. The van der Waals surface area contributed by atoms with E-state index in [1.54, 1.807) is 0 Å². The van der Waals surface area contributed by atoms with Gasteiger partial charge in [0.15, 0.2) is 11.8 Å². The number of hydrogen-bond acceptors (Lipinski definition) is 7. The van der Waals surface area contributed by atoms with Gasteiger partial charge >= 0.3 is 11.9 Å². The predicted molar refractivity (Wildman–Crippen MR) is 80.0 cm³/mol. The Morgan fingerprint density at radius 3 is 2.52 bits per heavy atom. The van der Waals surface area contributed by atoms with Crippen molar-refractivity contribution in [1.82, 2.24) is 5.32 Å². The number of aliphatic hydroxyl groups is 2. The summed E-state index contributed by atoms with van der Waals surface area (Å²) in [6.45, 7) is 0.621. The number of hydrogen-bond donors (Lipinski definition) is 5. The molecule has 0 bridgehead atoms. The van der Waals surface area contributed by atoms with E-state index >= 15 is 0 Å². The summed E-state index contributed by atoms with van der Waals surface area (Å²) in [5.74, 6) is -2.22. The van der Waals surface area contributed by atoms with E-state index in [1.165, 1.54) is 20.1 Å². The summed E-state index contributed by atoms with van der Waals surface area (Å²) in [6.07, 6.45) is 0.447. The first-order valence-electron chi connectivity index (χ1n) is 6.82. The normalized spacial score (nSPS) is 19.1. The van der Waals surface area contributed by atoms with Crippen molar-refractivity contribution in [2.75, 3.05) is 20.3 Å². The van der Waals surface area contributed by atoms with Gasteiger partial charge in [0.2, 0.25) is 0 Å². The maximum atomic E-state index is 11.2. The van der Waals surface area contributed by atoms with Crippen molar-refractivity contribution in [2.45, 2.75) is 25.5 Å². The van der Waals surface area contributed by atoms with Crippen LogP contribution in [0.25, 0.3) is 0 Å². The van der Waals surface area contributed by atoms with Gasteiger partial charge in [0, 0.05) is 6.42 Å². The fraction of sp³-hybridized carbons (Fsp3) is 0.500. The van der Waals surface area contributed by atoms with E-state index in [0.717, 1.165) is 0 Å². The summed E-state index contributed by atoms with van der Waals surface area (Å²) >= 11 is 0. The van der Waals surface area contributed by atoms with Gasteiger partial charge < -0.3 is 30.5 Å². The number of ether oxygens (including phenoxy) is 1. The lowest BCUT2D eigenvalue weighted by Crippen LogP contribution is -2.33. The summed E-state index contributed by atoms with van der Waals surface area (Å²) in [4.78, 5) is 25.8. The van der Waals surface area contributed by atoms with Crippen LogP contribution in [-0.4, -0.2) is 70.5 Å². The lowest BCUT2D eigenvalue weighted by atomic mass is 9.99. The summed E-state index contributed by atoms with van der Waals surface area (Å²) in [7, 11) is 1.34. The first-order chi connectivity index (χ1) is 10.8. The largest absolute Gasteiger partial charge is 0.493 e. The van der Waals surface area contributed by atoms with E-state index in [2.05, 4.69) is 10.3 Å². The van der Waals surface area contributed by atoms with Gasteiger partial charge in [0.1, 0.15) is 12.3 Å². The Balaban J connectivity index is 3.26. The number of carboxylic acids is 2. The molecule has 0 aliphatic heterocycles. The quantitative estimate of drug-likeness (QED) is 0.385. The Hall–Kier alpha value is -2.39. The van der Waals surface area contributed by atoms with E-state index in [9.17, 15) is 19.8 Å². The molecule has 0 saturated carbocycles. The second-order valence-corrected chi connectivity index (χ2v) is 4.93. The lowest BCUT2D eigenvalue weighted by Gasteiger charge is -2.22. The summed E-state index contributed by atoms with van der Waals surface area (Å²) < 4.78 is 5.19. The van der Waals surface area contributed by atoms with E-state index < -0.39 is 24.1 Å². The average Bonchev–Trinajstić information content (AvgIpc) is 2.48. The Morgan fingerprint density at radius 1 is 1.43 bits per heavy atom. The molecule has 5 N–H and O–H groups in total. The van der Waals surface area contributed by atoms with E-state index in [0.29, 0.717) is 11.3 Å². The fourth-order valence-electron chi connectivity index (χ4n) is 2.04. The number of nitrogens with zero attached hydrogens (tertiary/aromatic N) is 1. The number of rotatable bonds is 8. The van der Waals surface area contributed by atoms with Crippen LogP contribution in [-0.2, 0) is 14.3 Å². The number of allylic oxidation sites excluding steroid dienone is 2. The topological polar surface area (TPSA) is 149 Å². The van der Waals surface area contributed by atoms with Gasteiger partial charge in [-0.3, -0.25) is 9.79 Å². The first-order valence-corrected chi connectivity index (χ1v) is 6.82. The second kappa shape index (κ2) is 8.30. The third-order valence-electron chi connectivity index (χ3n) is 3.10. The Bertz CT molecular complexity index is 563. The van der Waals surface area contributed by atoms with E-state index in [4.69, 9.17) is 14.9 Å². The molecular formula is C14H20N2O7. The van der Waals surface area contributed by atoms with Crippen LogP contribution < -0.4 is 5.32 Å². The van der Waals surface area contributed by atoms with E-state index in [1.807, 2.05) is 0 Å². The highest BCUT2D eigenvalue weighted by molar-refractivity contribution is 6.09. The minimum absolute atomic E-state index is 0.115. The molecule has 9 heteroatoms. The number of carboxylic acid groups (broad SMARTS) is 2. The van der Waals surface area contributed by atoms with Gasteiger partial charge in [-0.1, -0.05) is 0 Å². The lowest BCUT2D eigenvalue weighted by molar-refractivity contribution is -0.140. The predicted octanol–water partition coefficient (Wildman–Crippen LogP) is -0.884. The summed E-state index contributed by atoms with van der Waals surface area (Å²) in [5.41, 5.74) is 0.992. The Labute approximate surface area is 132 Å². The second-order valence-electron chi connectivity index (χ2n) is 4.93.